The number of nitrogens with one attached hydrogen (secondary N) is 4. The molecule has 2 atom stereocenters. The Bertz CT molecular complexity index is 1190. The Morgan fingerprint density at radius 3 is 2.59 bits per heavy atom. The molecule has 0 saturated carbocycles. The standard InChI is InChI=1S/C28H39N5O6/c1-17(2)14-24(35)30-13-10-25(36)33-22(6-5-11-31-33)27(37)32-26(18(3)4)23(34)16-39-28(38)20-7-8-21-19(15-20)9-12-29-21/h7-9,12,15,17-18,22,26,29,31H,5-6,10-11,13-14,16H2,1-4H3,(H,30,35)(H,32,37). The van der Waals surface area contributed by atoms with Gasteiger partial charge in [0, 0.05) is 43.0 Å². The fourth-order valence-electron chi connectivity index (χ4n) is 4.48. The second-order valence-electron chi connectivity index (χ2n) is 10.6. The zero-order valence-corrected chi connectivity index (χ0v) is 23.0. The van der Waals surface area contributed by atoms with E-state index in [1.807, 2.05) is 19.9 Å². The molecule has 2 heterocycles. The highest BCUT2D eigenvalue weighted by atomic mass is 16.5. The van der Waals surface area contributed by atoms with Gasteiger partial charge in [0.15, 0.2) is 12.4 Å². The van der Waals surface area contributed by atoms with E-state index in [1.165, 1.54) is 5.01 Å². The number of benzene rings is 1. The smallest absolute Gasteiger partial charge is 0.338 e. The van der Waals surface area contributed by atoms with E-state index >= 15 is 0 Å². The summed E-state index contributed by atoms with van der Waals surface area (Å²) in [5, 5.41) is 7.64. The summed E-state index contributed by atoms with van der Waals surface area (Å²) >= 11 is 0. The van der Waals surface area contributed by atoms with Crippen LogP contribution in [0.4, 0.5) is 0 Å². The number of hydrogen-bond acceptors (Lipinski definition) is 7. The van der Waals surface area contributed by atoms with Gasteiger partial charge in [0.2, 0.25) is 17.7 Å². The SMILES string of the molecule is CC(C)CC(=O)NCCC(=O)N1NCCCC1C(=O)NC(C(=O)COC(=O)c1ccc2[nH]ccc2c1)C(C)C. The molecular formula is C28H39N5O6. The van der Waals surface area contributed by atoms with Gasteiger partial charge >= 0.3 is 5.97 Å². The molecule has 1 aromatic carbocycles. The van der Waals surface area contributed by atoms with Crippen LogP contribution in [0.1, 0.15) is 63.7 Å². The molecule has 0 spiro atoms. The monoisotopic (exact) mass is 541 g/mol. The number of Topliss-reactive ketones (excluding diaryl/α,β-unsaturated/α-hetero) is 1. The van der Waals surface area contributed by atoms with Crippen LogP contribution < -0.4 is 16.1 Å². The highest BCUT2D eigenvalue weighted by molar-refractivity contribution is 5.97. The van der Waals surface area contributed by atoms with Crippen LogP contribution in [0.2, 0.25) is 0 Å². The minimum Gasteiger partial charge on any atom is -0.454 e. The number of ketones is 1. The third-order valence-electron chi connectivity index (χ3n) is 6.52. The minimum atomic E-state index is -0.897. The summed E-state index contributed by atoms with van der Waals surface area (Å²) in [5.41, 5.74) is 4.18. The molecule has 4 N–H and O–H groups in total. The van der Waals surface area contributed by atoms with E-state index < -0.39 is 36.4 Å². The summed E-state index contributed by atoms with van der Waals surface area (Å²) in [6, 6.07) is 5.19. The number of esters is 1. The lowest BCUT2D eigenvalue weighted by Crippen LogP contribution is -2.61. The highest BCUT2D eigenvalue weighted by Gasteiger charge is 2.35. The summed E-state index contributed by atoms with van der Waals surface area (Å²) in [7, 11) is 0. The maximum absolute atomic E-state index is 13.2. The first kappa shape index (κ1) is 29.8. The van der Waals surface area contributed by atoms with Crippen molar-refractivity contribution in [2.75, 3.05) is 19.7 Å². The van der Waals surface area contributed by atoms with Crippen LogP contribution in [0.5, 0.6) is 0 Å². The van der Waals surface area contributed by atoms with Crippen molar-refractivity contribution in [3.63, 3.8) is 0 Å². The molecule has 1 aromatic heterocycles. The lowest BCUT2D eigenvalue weighted by atomic mass is 9.98. The molecule has 2 unspecified atom stereocenters. The van der Waals surface area contributed by atoms with Crippen LogP contribution in [-0.4, -0.2) is 71.2 Å². The topological polar surface area (TPSA) is 150 Å². The molecule has 11 heteroatoms. The number of amides is 3. The Balaban J connectivity index is 1.55. The molecule has 1 aliphatic heterocycles. The van der Waals surface area contributed by atoms with Crippen molar-refractivity contribution < 1.29 is 28.7 Å². The normalized spacial score (nSPS) is 16.3. The summed E-state index contributed by atoms with van der Waals surface area (Å²) in [5.74, 6) is -2.03. The number of fused-ring (bicyclic) bond motifs is 1. The number of aromatic nitrogens is 1. The lowest BCUT2D eigenvalue weighted by molar-refractivity contribution is -0.147. The molecule has 212 valence electrons. The summed E-state index contributed by atoms with van der Waals surface area (Å²) in [4.78, 5) is 66.5. The molecule has 1 aliphatic rings. The maximum Gasteiger partial charge on any atom is 0.338 e. The van der Waals surface area contributed by atoms with Crippen molar-refractivity contribution in [3.8, 4) is 0 Å². The number of aromatic amines is 1. The second-order valence-corrected chi connectivity index (χ2v) is 10.6. The van der Waals surface area contributed by atoms with Gasteiger partial charge in [-0.3, -0.25) is 24.2 Å². The maximum atomic E-state index is 13.2. The number of hydrazine groups is 1. The van der Waals surface area contributed by atoms with Crippen LogP contribution in [0.25, 0.3) is 10.9 Å². The number of H-pyrrole nitrogens is 1. The Hall–Kier alpha value is -3.73. The van der Waals surface area contributed by atoms with Gasteiger partial charge < -0.3 is 20.4 Å². The largest absolute Gasteiger partial charge is 0.454 e. The van der Waals surface area contributed by atoms with Gasteiger partial charge in [-0.15, -0.1) is 0 Å². The van der Waals surface area contributed by atoms with Crippen molar-refractivity contribution in [2.24, 2.45) is 11.8 Å². The first-order valence-corrected chi connectivity index (χ1v) is 13.5. The second kappa shape index (κ2) is 13.9. The average Bonchev–Trinajstić information content (AvgIpc) is 3.37. The number of nitrogens with zero attached hydrogens (tertiary/aromatic N) is 1. The van der Waals surface area contributed by atoms with Gasteiger partial charge in [-0.25, -0.2) is 10.2 Å². The average molecular weight is 542 g/mol. The Morgan fingerprint density at radius 2 is 1.87 bits per heavy atom. The number of carbonyl (C=O) groups excluding carboxylic acids is 5. The van der Waals surface area contributed by atoms with Crippen molar-refractivity contribution >= 4 is 40.4 Å². The molecule has 3 amide bonds. The van der Waals surface area contributed by atoms with E-state index in [9.17, 15) is 24.0 Å². The minimum absolute atomic E-state index is 0.0393. The number of rotatable bonds is 12. The van der Waals surface area contributed by atoms with E-state index in [0.29, 0.717) is 31.4 Å². The highest BCUT2D eigenvalue weighted by Crippen LogP contribution is 2.16. The van der Waals surface area contributed by atoms with Crippen LogP contribution in [0.15, 0.2) is 30.5 Å². The van der Waals surface area contributed by atoms with E-state index in [0.717, 1.165) is 10.9 Å². The van der Waals surface area contributed by atoms with Gasteiger partial charge in [0.05, 0.1) is 11.6 Å². The van der Waals surface area contributed by atoms with Gasteiger partial charge in [-0.1, -0.05) is 27.7 Å². The van der Waals surface area contributed by atoms with Gasteiger partial charge in [0.1, 0.15) is 6.04 Å². The van der Waals surface area contributed by atoms with E-state index in [4.69, 9.17) is 4.74 Å². The third kappa shape index (κ3) is 8.38. The van der Waals surface area contributed by atoms with E-state index in [1.54, 1.807) is 38.2 Å². The fourth-order valence-corrected chi connectivity index (χ4v) is 4.48. The van der Waals surface area contributed by atoms with Crippen molar-refractivity contribution in [3.05, 3.63) is 36.0 Å². The van der Waals surface area contributed by atoms with Crippen molar-refractivity contribution in [2.45, 2.75) is 65.5 Å². The lowest BCUT2D eigenvalue weighted by Gasteiger charge is -2.36. The van der Waals surface area contributed by atoms with E-state index in [2.05, 4.69) is 21.0 Å². The first-order valence-electron chi connectivity index (χ1n) is 13.5. The molecule has 2 aromatic rings. The number of hydrogen-bond donors (Lipinski definition) is 4. The zero-order chi connectivity index (χ0) is 28.5. The van der Waals surface area contributed by atoms with Gasteiger partial charge in [-0.05, 0) is 48.9 Å². The molecule has 39 heavy (non-hydrogen) atoms. The molecule has 3 rings (SSSR count). The van der Waals surface area contributed by atoms with Crippen molar-refractivity contribution in [1.82, 2.24) is 26.1 Å². The predicted octanol–water partition coefficient (Wildman–Crippen LogP) is 2.08. The first-order chi connectivity index (χ1) is 18.6. The predicted molar refractivity (Wildman–Crippen MR) is 145 cm³/mol. The zero-order valence-electron chi connectivity index (χ0n) is 23.0. The Labute approximate surface area is 228 Å². The third-order valence-corrected chi connectivity index (χ3v) is 6.52. The summed E-state index contributed by atoms with van der Waals surface area (Å²) in [6.45, 7) is 7.66. The summed E-state index contributed by atoms with van der Waals surface area (Å²) in [6.07, 6.45) is 3.29. The molecule has 0 radical (unpaired) electrons. The summed E-state index contributed by atoms with van der Waals surface area (Å²) < 4.78 is 5.26. The molecular weight excluding hydrogens is 502 g/mol. The van der Waals surface area contributed by atoms with Crippen LogP contribution in [0, 0.1) is 11.8 Å². The van der Waals surface area contributed by atoms with E-state index in [-0.39, 0.29) is 36.6 Å². The van der Waals surface area contributed by atoms with Gasteiger partial charge in [0.25, 0.3) is 0 Å². The Morgan fingerprint density at radius 1 is 1.10 bits per heavy atom. The quantitative estimate of drug-likeness (QED) is 0.301. The van der Waals surface area contributed by atoms with Gasteiger partial charge in [-0.2, -0.15) is 0 Å². The molecule has 1 saturated heterocycles. The van der Waals surface area contributed by atoms with Crippen LogP contribution >= 0.6 is 0 Å². The van der Waals surface area contributed by atoms with Crippen LogP contribution in [0.3, 0.4) is 0 Å². The number of ether oxygens (including phenoxy) is 1. The van der Waals surface area contributed by atoms with Crippen molar-refractivity contribution in [1.29, 1.82) is 0 Å². The molecule has 11 nitrogen and oxygen atoms in total. The Kier molecular flexibility index (Phi) is 10.6. The molecule has 0 bridgehead atoms. The van der Waals surface area contributed by atoms with Crippen LogP contribution in [-0.2, 0) is 23.9 Å². The number of carbonyl (C=O) groups is 5. The fraction of sp³-hybridized carbons (Fsp3) is 0.536. The molecule has 0 aliphatic carbocycles. The molecule has 1 fully saturated rings.